The highest BCUT2D eigenvalue weighted by molar-refractivity contribution is 5.93. The van der Waals surface area contributed by atoms with Crippen LogP contribution in [0.5, 0.6) is 0 Å². The average Bonchev–Trinajstić information content (AvgIpc) is 3.05. The largest absolute Gasteiger partial charge is 0.385 e. The van der Waals surface area contributed by atoms with Gasteiger partial charge < -0.3 is 10.4 Å². The summed E-state index contributed by atoms with van der Waals surface area (Å²) in [7, 11) is 0. The molecule has 2 aliphatic heterocycles. The smallest absolute Gasteiger partial charge is 0.238 e. The van der Waals surface area contributed by atoms with Crippen molar-refractivity contribution in [3.05, 3.63) is 47.0 Å². The molecule has 4 rings (SSSR count). The maximum Gasteiger partial charge on any atom is 0.238 e. The fraction of sp³-hybridized carbons (Fsp3) is 0.500. The minimum absolute atomic E-state index is 0.0734. The molecular formula is C20H25FN4O2. The molecule has 1 amide bonds. The SMILES string of the molecule is Cc1n[nH]c(C)c1NC(=O)CN1C2CCC1CC(O)(c1cccc(F)c1)C2. The molecule has 2 fully saturated rings. The van der Waals surface area contributed by atoms with Crippen LogP contribution in [0.15, 0.2) is 24.3 Å². The van der Waals surface area contributed by atoms with Gasteiger partial charge in [-0.25, -0.2) is 4.39 Å². The fourth-order valence-electron chi connectivity index (χ4n) is 4.67. The molecule has 0 spiro atoms. The van der Waals surface area contributed by atoms with E-state index in [9.17, 15) is 14.3 Å². The van der Waals surface area contributed by atoms with Crippen LogP contribution in [0.25, 0.3) is 0 Å². The first kappa shape index (κ1) is 18.1. The number of amides is 1. The van der Waals surface area contributed by atoms with Crippen LogP contribution in [0, 0.1) is 19.7 Å². The van der Waals surface area contributed by atoms with Gasteiger partial charge in [0.05, 0.1) is 29.2 Å². The topological polar surface area (TPSA) is 81.2 Å². The van der Waals surface area contributed by atoms with E-state index < -0.39 is 5.60 Å². The molecule has 27 heavy (non-hydrogen) atoms. The lowest BCUT2D eigenvalue weighted by atomic mass is 9.80. The number of nitrogens with one attached hydrogen (secondary N) is 2. The second-order valence-corrected chi connectivity index (χ2v) is 7.86. The number of benzene rings is 1. The summed E-state index contributed by atoms with van der Waals surface area (Å²) in [4.78, 5) is 14.8. The van der Waals surface area contributed by atoms with Crippen molar-refractivity contribution in [1.29, 1.82) is 0 Å². The lowest BCUT2D eigenvalue weighted by molar-refractivity contribution is -0.121. The molecule has 7 heteroatoms. The van der Waals surface area contributed by atoms with Crippen LogP contribution in [0.4, 0.5) is 10.1 Å². The van der Waals surface area contributed by atoms with Crippen LogP contribution < -0.4 is 5.32 Å². The van der Waals surface area contributed by atoms with Crippen molar-refractivity contribution < 1.29 is 14.3 Å². The Labute approximate surface area is 157 Å². The number of anilines is 1. The van der Waals surface area contributed by atoms with Crippen LogP contribution in [0.1, 0.15) is 42.6 Å². The Morgan fingerprint density at radius 1 is 1.37 bits per heavy atom. The van der Waals surface area contributed by atoms with E-state index in [2.05, 4.69) is 20.4 Å². The summed E-state index contributed by atoms with van der Waals surface area (Å²) in [6, 6.07) is 6.48. The number of carbonyl (C=O) groups is 1. The quantitative estimate of drug-likeness (QED) is 0.771. The first-order valence-electron chi connectivity index (χ1n) is 9.41. The lowest BCUT2D eigenvalue weighted by Gasteiger charge is -2.43. The van der Waals surface area contributed by atoms with Crippen LogP contribution in [0.3, 0.4) is 0 Å². The fourth-order valence-corrected chi connectivity index (χ4v) is 4.67. The second kappa shape index (κ2) is 6.73. The van der Waals surface area contributed by atoms with Crippen LogP contribution in [-0.4, -0.2) is 44.7 Å². The van der Waals surface area contributed by atoms with Gasteiger partial charge in [-0.2, -0.15) is 5.10 Å². The Bertz CT molecular complexity index is 832. The third kappa shape index (κ3) is 3.37. The molecule has 2 aromatic rings. The number of hydrogen-bond acceptors (Lipinski definition) is 4. The average molecular weight is 372 g/mol. The minimum atomic E-state index is -1.03. The summed E-state index contributed by atoms with van der Waals surface area (Å²) in [5, 5.41) is 21.1. The number of aromatic nitrogens is 2. The van der Waals surface area contributed by atoms with Crippen molar-refractivity contribution in [3.63, 3.8) is 0 Å². The van der Waals surface area contributed by atoms with Gasteiger partial charge in [-0.1, -0.05) is 12.1 Å². The van der Waals surface area contributed by atoms with E-state index in [4.69, 9.17) is 0 Å². The van der Waals surface area contributed by atoms with Crippen molar-refractivity contribution in [1.82, 2.24) is 15.1 Å². The molecule has 2 unspecified atom stereocenters. The summed E-state index contributed by atoms with van der Waals surface area (Å²) < 4.78 is 13.6. The van der Waals surface area contributed by atoms with Gasteiger partial charge >= 0.3 is 0 Å². The predicted octanol–water partition coefficient (Wildman–Crippen LogP) is 2.62. The number of rotatable bonds is 4. The Hall–Kier alpha value is -2.25. The van der Waals surface area contributed by atoms with Gasteiger partial charge in [-0.3, -0.25) is 14.8 Å². The van der Waals surface area contributed by atoms with E-state index in [-0.39, 0.29) is 23.8 Å². The summed E-state index contributed by atoms with van der Waals surface area (Å²) in [5.74, 6) is -0.406. The maximum absolute atomic E-state index is 13.6. The highest BCUT2D eigenvalue weighted by atomic mass is 19.1. The molecule has 144 valence electrons. The molecule has 1 aromatic heterocycles. The van der Waals surface area contributed by atoms with Crippen molar-refractivity contribution >= 4 is 11.6 Å². The predicted molar refractivity (Wildman–Crippen MR) is 99.7 cm³/mol. The van der Waals surface area contributed by atoms with Gasteiger partial charge in [-0.15, -0.1) is 0 Å². The molecule has 2 aliphatic rings. The van der Waals surface area contributed by atoms with E-state index in [0.717, 1.165) is 29.9 Å². The molecule has 0 saturated carbocycles. The van der Waals surface area contributed by atoms with Gasteiger partial charge in [0.25, 0.3) is 0 Å². The zero-order valence-corrected chi connectivity index (χ0v) is 15.6. The molecule has 2 atom stereocenters. The maximum atomic E-state index is 13.6. The van der Waals surface area contributed by atoms with Crippen molar-refractivity contribution in [3.8, 4) is 0 Å². The van der Waals surface area contributed by atoms with Gasteiger partial charge in [0.1, 0.15) is 5.82 Å². The number of piperidine rings is 1. The first-order valence-corrected chi connectivity index (χ1v) is 9.41. The number of nitrogens with zero attached hydrogens (tertiary/aromatic N) is 2. The lowest BCUT2D eigenvalue weighted by Crippen LogP contribution is -2.51. The van der Waals surface area contributed by atoms with Crippen molar-refractivity contribution in [2.45, 2.75) is 57.2 Å². The van der Waals surface area contributed by atoms with E-state index in [1.54, 1.807) is 12.1 Å². The summed E-state index contributed by atoms with van der Waals surface area (Å²) in [5.41, 5.74) is 1.94. The molecule has 0 radical (unpaired) electrons. The van der Waals surface area contributed by atoms with Gasteiger partial charge in [0.15, 0.2) is 0 Å². The van der Waals surface area contributed by atoms with E-state index in [1.165, 1.54) is 12.1 Å². The normalized spacial score (nSPS) is 27.7. The van der Waals surface area contributed by atoms with E-state index in [0.29, 0.717) is 24.9 Å². The molecule has 3 heterocycles. The molecule has 0 aliphatic carbocycles. The summed E-state index contributed by atoms with van der Waals surface area (Å²) >= 11 is 0. The molecular weight excluding hydrogens is 347 g/mol. The molecule has 2 saturated heterocycles. The zero-order valence-electron chi connectivity index (χ0n) is 15.6. The minimum Gasteiger partial charge on any atom is -0.385 e. The summed E-state index contributed by atoms with van der Waals surface area (Å²) in [6.07, 6.45) is 2.92. The highest BCUT2D eigenvalue weighted by Gasteiger charge is 2.48. The molecule has 2 bridgehead atoms. The Morgan fingerprint density at radius 3 is 2.67 bits per heavy atom. The van der Waals surface area contributed by atoms with E-state index >= 15 is 0 Å². The van der Waals surface area contributed by atoms with Crippen LogP contribution >= 0.6 is 0 Å². The standard InChI is InChI=1S/C20H25FN4O2/c1-12-19(13(2)24-23-12)22-18(26)11-25-16-6-7-17(25)10-20(27,9-16)14-4-3-5-15(21)8-14/h3-5,8,16-17,27H,6-7,9-11H2,1-2H3,(H,22,26)(H,23,24). The number of fused-ring (bicyclic) bond motifs is 2. The number of aryl methyl sites for hydroxylation is 2. The van der Waals surface area contributed by atoms with Crippen molar-refractivity contribution in [2.24, 2.45) is 0 Å². The number of carbonyl (C=O) groups excluding carboxylic acids is 1. The number of aliphatic hydroxyl groups is 1. The Kier molecular flexibility index (Phi) is 4.52. The molecule has 3 N–H and O–H groups in total. The van der Waals surface area contributed by atoms with Gasteiger partial charge in [-0.05, 0) is 57.2 Å². The number of halogens is 1. The third-order valence-electron chi connectivity index (χ3n) is 6.00. The molecule has 1 aromatic carbocycles. The highest BCUT2D eigenvalue weighted by Crippen LogP contribution is 2.45. The second-order valence-electron chi connectivity index (χ2n) is 7.86. The number of aromatic amines is 1. The Balaban J connectivity index is 1.46. The van der Waals surface area contributed by atoms with Gasteiger partial charge in [0.2, 0.25) is 5.91 Å². The number of hydrogen-bond donors (Lipinski definition) is 3. The third-order valence-corrected chi connectivity index (χ3v) is 6.00. The van der Waals surface area contributed by atoms with E-state index in [1.807, 2.05) is 13.8 Å². The van der Waals surface area contributed by atoms with Crippen LogP contribution in [0.2, 0.25) is 0 Å². The first-order chi connectivity index (χ1) is 12.9. The number of H-pyrrole nitrogens is 1. The van der Waals surface area contributed by atoms with Gasteiger partial charge in [0, 0.05) is 12.1 Å². The zero-order chi connectivity index (χ0) is 19.2. The monoisotopic (exact) mass is 372 g/mol. The summed E-state index contributed by atoms with van der Waals surface area (Å²) in [6.45, 7) is 4.01. The van der Waals surface area contributed by atoms with Crippen LogP contribution in [-0.2, 0) is 10.4 Å². The Morgan fingerprint density at radius 2 is 2.07 bits per heavy atom. The van der Waals surface area contributed by atoms with Crippen molar-refractivity contribution in [2.75, 3.05) is 11.9 Å². The molecule has 6 nitrogen and oxygen atoms in total.